The second-order valence-electron chi connectivity index (χ2n) is 7.66. The molecule has 1 N–H and O–H groups in total. The number of hydrogen-bond acceptors (Lipinski definition) is 7. The van der Waals surface area contributed by atoms with E-state index in [9.17, 15) is 24.8 Å². The number of hydrogen-bond donors (Lipinski definition) is 1. The standard InChI is InChI=1S/C23H23N3O6/c27-21(17-4-2-1-3-5-17)19-20(16-6-8-18(9-7-16)26(30)31)25(23(29)22(19)28)11-10-24-12-14-32-15-13-24/h1-9,20,27H,10-15H2/b21-19+/t20-/m1/s1. The Morgan fingerprint density at radius 1 is 1.03 bits per heavy atom. The van der Waals surface area contributed by atoms with Gasteiger partial charge in [0.15, 0.2) is 0 Å². The van der Waals surface area contributed by atoms with Gasteiger partial charge in [-0.3, -0.25) is 24.6 Å². The summed E-state index contributed by atoms with van der Waals surface area (Å²) in [5.74, 6) is -1.73. The first kappa shape index (κ1) is 21.7. The lowest BCUT2D eigenvalue weighted by Crippen LogP contribution is -2.42. The number of ketones is 1. The van der Waals surface area contributed by atoms with Crippen molar-refractivity contribution in [1.82, 2.24) is 9.80 Å². The summed E-state index contributed by atoms with van der Waals surface area (Å²) in [5, 5.41) is 22.0. The molecule has 32 heavy (non-hydrogen) atoms. The molecule has 1 atom stereocenters. The molecule has 0 aromatic heterocycles. The van der Waals surface area contributed by atoms with Crippen LogP contribution in [0.25, 0.3) is 5.76 Å². The summed E-state index contributed by atoms with van der Waals surface area (Å²) in [5.41, 5.74) is 0.832. The third-order valence-electron chi connectivity index (χ3n) is 5.77. The van der Waals surface area contributed by atoms with Crippen LogP contribution in [0.5, 0.6) is 0 Å². The minimum Gasteiger partial charge on any atom is -0.507 e. The van der Waals surface area contributed by atoms with Gasteiger partial charge in [0.2, 0.25) is 0 Å². The van der Waals surface area contributed by atoms with Crippen molar-refractivity contribution in [2.75, 3.05) is 39.4 Å². The summed E-state index contributed by atoms with van der Waals surface area (Å²) in [6.07, 6.45) is 0. The van der Waals surface area contributed by atoms with Gasteiger partial charge >= 0.3 is 0 Å². The molecule has 2 saturated heterocycles. The second kappa shape index (κ2) is 9.29. The lowest BCUT2D eigenvalue weighted by Gasteiger charge is -2.31. The number of rotatable bonds is 6. The van der Waals surface area contributed by atoms with Gasteiger partial charge in [0, 0.05) is 43.9 Å². The van der Waals surface area contributed by atoms with Gasteiger partial charge in [-0.25, -0.2) is 0 Å². The fraction of sp³-hybridized carbons (Fsp3) is 0.304. The molecule has 1 amide bonds. The van der Waals surface area contributed by atoms with Crippen LogP contribution in [0, 0.1) is 10.1 Å². The zero-order valence-electron chi connectivity index (χ0n) is 17.3. The number of aliphatic hydroxyl groups is 1. The average Bonchev–Trinajstić information content (AvgIpc) is 3.08. The number of Topliss-reactive ketones (excluding diaryl/α,β-unsaturated/α-hetero) is 1. The number of ether oxygens (including phenoxy) is 1. The van der Waals surface area contributed by atoms with Gasteiger partial charge in [-0.05, 0) is 17.7 Å². The first-order valence-electron chi connectivity index (χ1n) is 10.4. The Morgan fingerprint density at radius 2 is 1.69 bits per heavy atom. The highest BCUT2D eigenvalue weighted by Crippen LogP contribution is 2.39. The first-order valence-corrected chi connectivity index (χ1v) is 10.4. The number of nitrogens with zero attached hydrogens (tertiary/aromatic N) is 3. The largest absolute Gasteiger partial charge is 0.507 e. The minimum absolute atomic E-state index is 0.0166. The number of carbonyl (C=O) groups is 2. The number of likely N-dealkylation sites (tertiary alicyclic amines) is 1. The van der Waals surface area contributed by atoms with E-state index in [2.05, 4.69) is 4.90 Å². The van der Waals surface area contributed by atoms with E-state index in [0.717, 1.165) is 13.1 Å². The molecule has 0 spiro atoms. The highest BCUT2D eigenvalue weighted by Gasteiger charge is 2.46. The van der Waals surface area contributed by atoms with Crippen LogP contribution >= 0.6 is 0 Å². The molecule has 9 nitrogen and oxygen atoms in total. The zero-order chi connectivity index (χ0) is 22.7. The summed E-state index contributed by atoms with van der Waals surface area (Å²) in [6.45, 7) is 3.51. The van der Waals surface area contributed by atoms with Gasteiger partial charge in [-0.2, -0.15) is 0 Å². The van der Waals surface area contributed by atoms with Crippen LogP contribution in [0.4, 0.5) is 5.69 Å². The van der Waals surface area contributed by atoms with Crippen molar-refractivity contribution < 1.29 is 24.4 Å². The number of aliphatic hydroxyl groups excluding tert-OH is 1. The van der Waals surface area contributed by atoms with Gasteiger partial charge in [0.05, 0.1) is 29.8 Å². The Hall–Kier alpha value is -3.56. The molecule has 2 heterocycles. The van der Waals surface area contributed by atoms with E-state index in [4.69, 9.17) is 4.74 Å². The number of morpholine rings is 1. The maximum Gasteiger partial charge on any atom is 0.295 e. The van der Waals surface area contributed by atoms with E-state index in [-0.39, 0.29) is 23.6 Å². The molecule has 2 aromatic carbocycles. The van der Waals surface area contributed by atoms with Crippen molar-refractivity contribution in [3.63, 3.8) is 0 Å². The minimum atomic E-state index is -0.836. The highest BCUT2D eigenvalue weighted by molar-refractivity contribution is 6.46. The molecular weight excluding hydrogens is 414 g/mol. The van der Waals surface area contributed by atoms with Gasteiger partial charge in [-0.15, -0.1) is 0 Å². The maximum atomic E-state index is 13.0. The molecule has 166 valence electrons. The predicted molar refractivity (Wildman–Crippen MR) is 116 cm³/mol. The van der Waals surface area contributed by atoms with Gasteiger partial charge in [0.25, 0.3) is 17.4 Å². The van der Waals surface area contributed by atoms with Crippen molar-refractivity contribution in [3.8, 4) is 0 Å². The molecule has 0 bridgehead atoms. The Labute approximate surface area is 184 Å². The van der Waals surface area contributed by atoms with Gasteiger partial charge in [-0.1, -0.05) is 30.3 Å². The van der Waals surface area contributed by atoms with Crippen molar-refractivity contribution >= 4 is 23.1 Å². The molecule has 9 heteroatoms. The molecule has 2 aliphatic rings. The van der Waals surface area contributed by atoms with Crippen LogP contribution in [0.15, 0.2) is 60.2 Å². The molecular formula is C23H23N3O6. The summed E-state index contributed by atoms with van der Waals surface area (Å²) < 4.78 is 5.36. The monoisotopic (exact) mass is 437 g/mol. The van der Waals surface area contributed by atoms with Crippen LogP contribution in [0.3, 0.4) is 0 Å². The van der Waals surface area contributed by atoms with Gasteiger partial charge < -0.3 is 14.7 Å². The number of amides is 1. The molecule has 4 rings (SSSR count). The van der Waals surface area contributed by atoms with Crippen molar-refractivity contribution in [1.29, 1.82) is 0 Å². The van der Waals surface area contributed by atoms with Crippen LogP contribution in [-0.4, -0.2) is 70.9 Å². The van der Waals surface area contributed by atoms with Crippen LogP contribution in [0.1, 0.15) is 17.2 Å². The Bertz CT molecular complexity index is 1050. The Kier molecular flexibility index (Phi) is 6.29. The number of benzene rings is 2. The number of nitro groups is 1. The number of non-ortho nitro benzene ring substituents is 1. The lowest BCUT2D eigenvalue weighted by molar-refractivity contribution is -0.384. The average molecular weight is 437 g/mol. The summed E-state index contributed by atoms with van der Waals surface area (Å²) >= 11 is 0. The van der Waals surface area contributed by atoms with Crippen molar-refractivity contribution in [2.24, 2.45) is 0 Å². The first-order chi connectivity index (χ1) is 15.5. The topological polar surface area (TPSA) is 113 Å². The summed E-state index contributed by atoms with van der Waals surface area (Å²) in [4.78, 5) is 40.1. The van der Waals surface area contributed by atoms with Crippen LogP contribution < -0.4 is 0 Å². The SMILES string of the molecule is O=C1C(=O)N(CCN2CCOCC2)[C@H](c2ccc([N+](=O)[O-])cc2)/C1=C(\O)c1ccccc1. The maximum absolute atomic E-state index is 13.0. The lowest BCUT2D eigenvalue weighted by atomic mass is 9.95. The highest BCUT2D eigenvalue weighted by atomic mass is 16.6. The number of carbonyl (C=O) groups excluding carboxylic acids is 2. The molecule has 0 saturated carbocycles. The molecule has 0 aliphatic carbocycles. The van der Waals surface area contributed by atoms with E-state index < -0.39 is 22.7 Å². The van der Waals surface area contributed by atoms with Crippen LogP contribution in [0.2, 0.25) is 0 Å². The quantitative estimate of drug-likeness (QED) is 0.243. The molecule has 0 unspecified atom stereocenters. The van der Waals surface area contributed by atoms with E-state index in [1.807, 2.05) is 0 Å². The Morgan fingerprint density at radius 3 is 2.31 bits per heavy atom. The second-order valence-corrected chi connectivity index (χ2v) is 7.66. The zero-order valence-corrected chi connectivity index (χ0v) is 17.3. The van der Waals surface area contributed by atoms with Gasteiger partial charge in [0.1, 0.15) is 5.76 Å². The molecule has 2 aliphatic heterocycles. The third kappa shape index (κ3) is 4.25. The van der Waals surface area contributed by atoms with Crippen LogP contribution in [-0.2, 0) is 14.3 Å². The summed E-state index contributed by atoms with van der Waals surface area (Å²) in [6, 6.07) is 13.4. The number of nitro benzene ring substituents is 1. The van der Waals surface area contributed by atoms with E-state index in [1.54, 1.807) is 30.3 Å². The van der Waals surface area contributed by atoms with E-state index in [1.165, 1.54) is 29.2 Å². The smallest absolute Gasteiger partial charge is 0.295 e. The third-order valence-corrected chi connectivity index (χ3v) is 5.77. The van der Waals surface area contributed by atoms with E-state index >= 15 is 0 Å². The summed E-state index contributed by atoms with van der Waals surface area (Å²) in [7, 11) is 0. The molecule has 2 fully saturated rings. The molecule has 2 aromatic rings. The van der Waals surface area contributed by atoms with E-state index in [0.29, 0.717) is 30.9 Å². The predicted octanol–water partition coefficient (Wildman–Crippen LogP) is 2.35. The van der Waals surface area contributed by atoms with Crippen molar-refractivity contribution in [2.45, 2.75) is 6.04 Å². The Balaban J connectivity index is 1.73. The fourth-order valence-electron chi connectivity index (χ4n) is 4.06. The van der Waals surface area contributed by atoms with Crippen molar-refractivity contribution in [3.05, 3.63) is 81.4 Å². The normalized spacial score (nSPS) is 21.1. The fourth-order valence-corrected chi connectivity index (χ4v) is 4.06. The molecule has 0 radical (unpaired) electrons.